The second kappa shape index (κ2) is 11.4. The molecular formula is C24H39IN2O2. The number of alkyl halides is 1. The summed E-state index contributed by atoms with van der Waals surface area (Å²) in [7, 11) is 0. The van der Waals surface area contributed by atoms with Gasteiger partial charge in [0.1, 0.15) is 5.76 Å². The molecule has 2 heterocycles. The van der Waals surface area contributed by atoms with Crippen molar-refractivity contribution in [2.45, 2.75) is 86.7 Å². The summed E-state index contributed by atoms with van der Waals surface area (Å²) in [5.74, 6) is 1.76. The van der Waals surface area contributed by atoms with Crippen LogP contribution in [0.1, 0.15) is 70.6 Å². The van der Waals surface area contributed by atoms with Gasteiger partial charge in [-0.05, 0) is 57.2 Å². The molecule has 5 heteroatoms. The summed E-state index contributed by atoms with van der Waals surface area (Å²) in [6.45, 7) is 4.78. The molecule has 4 nitrogen and oxygen atoms in total. The highest BCUT2D eigenvalue weighted by Gasteiger charge is 2.32. The van der Waals surface area contributed by atoms with Crippen LogP contribution in [0.25, 0.3) is 0 Å². The SMILES string of the molecule is IC1CCC(OC2=CC(N3CCOCC3)=CC3NCCCCCCCCC23)CC1. The number of hydrogen-bond donors (Lipinski definition) is 1. The van der Waals surface area contributed by atoms with Crippen LogP contribution in [0.3, 0.4) is 0 Å². The molecule has 3 fully saturated rings. The van der Waals surface area contributed by atoms with Crippen LogP contribution in [0.15, 0.2) is 23.6 Å². The molecule has 0 amide bonds. The van der Waals surface area contributed by atoms with Crippen molar-refractivity contribution >= 4 is 22.6 Å². The molecule has 4 rings (SSSR count). The second-order valence-corrected chi connectivity index (χ2v) is 11.0. The Balaban J connectivity index is 1.52. The zero-order valence-corrected chi connectivity index (χ0v) is 20.1. The smallest absolute Gasteiger partial charge is 0.103 e. The van der Waals surface area contributed by atoms with Crippen LogP contribution >= 0.6 is 22.6 Å². The van der Waals surface area contributed by atoms with E-state index in [1.165, 1.54) is 82.1 Å². The highest BCUT2D eigenvalue weighted by molar-refractivity contribution is 14.1. The van der Waals surface area contributed by atoms with E-state index in [9.17, 15) is 0 Å². The van der Waals surface area contributed by atoms with Crippen LogP contribution in [0.2, 0.25) is 0 Å². The van der Waals surface area contributed by atoms with Crippen LogP contribution in [0, 0.1) is 5.92 Å². The molecule has 0 spiro atoms. The highest BCUT2D eigenvalue weighted by Crippen LogP contribution is 2.35. The first-order valence-electron chi connectivity index (χ1n) is 12.1. The largest absolute Gasteiger partial charge is 0.494 e. The lowest BCUT2D eigenvalue weighted by Gasteiger charge is -2.38. The number of halogens is 1. The first-order chi connectivity index (χ1) is 14.3. The molecule has 29 heavy (non-hydrogen) atoms. The molecule has 0 radical (unpaired) electrons. The molecule has 0 bridgehead atoms. The van der Waals surface area contributed by atoms with Crippen LogP contribution < -0.4 is 5.32 Å². The summed E-state index contributed by atoms with van der Waals surface area (Å²) in [6.07, 6.45) is 19.7. The van der Waals surface area contributed by atoms with Gasteiger partial charge < -0.3 is 19.7 Å². The molecule has 1 N–H and O–H groups in total. The Morgan fingerprint density at radius 2 is 1.66 bits per heavy atom. The van der Waals surface area contributed by atoms with E-state index in [2.05, 4.69) is 45.0 Å². The molecule has 164 valence electrons. The van der Waals surface area contributed by atoms with Gasteiger partial charge in [-0.1, -0.05) is 54.7 Å². The molecule has 2 unspecified atom stereocenters. The molecular weight excluding hydrogens is 475 g/mol. The molecule has 2 aliphatic carbocycles. The maximum absolute atomic E-state index is 6.79. The van der Waals surface area contributed by atoms with Crippen molar-refractivity contribution in [1.29, 1.82) is 0 Å². The summed E-state index contributed by atoms with van der Waals surface area (Å²) in [5.41, 5.74) is 1.36. The third-order valence-electron chi connectivity index (χ3n) is 7.04. The lowest BCUT2D eigenvalue weighted by atomic mass is 9.86. The number of nitrogens with one attached hydrogen (secondary N) is 1. The molecule has 4 aliphatic rings. The predicted octanol–water partition coefficient (Wildman–Crippen LogP) is 5.18. The van der Waals surface area contributed by atoms with Crippen LogP contribution in [0.5, 0.6) is 0 Å². The van der Waals surface area contributed by atoms with Gasteiger partial charge in [0.15, 0.2) is 0 Å². The maximum Gasteiger partial charge on any atom is 0.103 e. The van der Waals surface area contributed by atoms with Gasteiger partial charge in [0, 0.05) is 34.7 Å². The number of fused-ring (bicyclic) bond motifs is 1. The van der Waals surface area contributed by atoms with Gasteiger partial charge in [-0.25, -0.2) is 0 Å². The zero-order chi connectivity index (χ0) is 19.9. The highest BCUT2D eigenvalue weighted by atomic mass is 127. The van der Waals surface area contributed by atoms with Crippen LogP contribution in [-0.4, -0.2) is 53.8 Å². The standard InChI is InChI=1S/C24H39IN2O2/c25-19-8-10-21(11-9-19)29-24-18-20(27-13-15-28-16-14-27)17-23-22(24)7-5-3-1-2-4-6-12-26-23/h17-19,21-23,26H,1-16H2. The average Bonchev–Trinajstić information content (AvgIpc) is 2.81. The summed E-state index contributed by atoms with van der Waals surface area (Å²) in [4.78, 5) is 2.50. The quantitative estimate of drug-likeness (QED) is 0.416. The fourth-order valence-corrected chi connectivity index (χ4v) is 5.96. The maximum atomic E-state index is 6.79. The predicted molar refractivity (Wildman–Crippen MR) is 127 cm³/mol. The summed E-state index contributed by atoms with van der Waals surface area (Å²) < 4.78 is 13.2. The Kier molecular flexibility index (Phi) is 8.61. The van der Waals surface area contributed by atoms with Crippen molar-refractivity contribution in [2.24, 2.45) is 5.92 Å². The van der Waals surface area contributed by atoms with E-state index in [1.807, 2.05) is 0 Å². The van der Waals surface area contributed by atoms with E-state index in [0.29, 0.717) is 18.1 Å². The van der Waals surface area contributed by atoms with Crippen molar-refractivity contribution in [1.82, 2.24) is 10.2 Å². The Morgan fingerprint density at radius 3 is 2.45 bits per heavy atom. The van der Waals surface area contributed by atoms with Gasteiger partial charge in [0.25, 0.3) is 0 Å². The Labute approximate surface area is 191 Å². The minimum absolute atomic E-state index is 0.409. The van der Waals surface area contributed by atoms with Crippen molar-refractivity contribution in [3.05, 3.63) is 23.6 Å². The van der Waals surface area contributed by atoms with E-state index in [0.717, 1.165) is 36.8 Å². The van der Waals surface area contributed by atoms with E-state index in [4.69, 9.17) is 9.47 Å². The number of nitrogens with zero attached hydrogens (tertiary/aromatic N) is 1. The minimum Gasteiger partial charge on any atom is -0.494 e. The lowest BCUT2D eigenvalue weighted by molar-refractivity contribution is 0.0467. The van der Waals surface area contributed by atoms with E-state index in [1.54, 1.807) is 0 Å². The topological polar surface area (TPSA) is 33.7 Å². The number of rotatable bonds is 3. The van der Waals surface area contributed by atoms with E-state index in [-0.39, 0.29) is 0 Å². The third kappa shape index (κ3) is 6.36. The summed E-state index contributed by atoms with van der Waals surface area (Å²) >= 11 is 2.61. The fraction of sp³-hybridized carbons (Fsp3) is 0.833. The van der Waals surface area contributed by atoms with Crippen molar-refractivity contribution < 1.29 is 9.47 Å². The van der Waals surface area contributed by atoms with Crippen molar-refractivity contribution in [3.8, 4) is 0 Å². The number of hydrogen-bond acceptors (Lipinski definition) is 4. The minimum atomic E-state index is 0.409. The van der Waals surface area contributed by atoms with Crippen molar-refractivity contribution in [2.75, 3.05) is 32.8 Å². The summed E-state index contributed by atoms with van der Waals surface area (Å²) in [6, 6.07) is 0.409. The molecule has 0 aromatic rings. The van der Waals surface area contributed by atoms with Crippen LogP contribution in [-0.2, 0) is 9.47 Å². The summed E-state index contributed by atoms with van der Waals surface area (Å²) in [5, 5.41) is 3.91. The van der Waals surface area contributed by atoms with Crippen molar-refractivity contribution in [3.63, 3.8) is 0 Å². The number of ether oxygens (including phenoxy) is 2. The Bertz CT molecular complexity index is 565. The van der Waals surface area contributed by atoms with Gasteiger partial charge in [0.05, 0.1) is 19.3 Å². The monoisotopic (exact) mass is 514 g/mol. The van der Waals surface area contributed by atoms with Gasteiger partial charge in [-0.2, -0.15) is 0 Å². The normalized spacial score (nSPS) is 35.0. The average molecular weight is 514 g/mol. The van der Waals surface area contributed by atoms with Gasteiger partial charge >= 0.3 is 0 Å². The van der Waals surface area contributed by atoms with Crippen LogP contribution in [0.4, 0.5) is 0 Å². The third-order valence-corrected chi connectivity index (χ3v) is 8.29. The van der Waals surface area contributed by atoms with E-state index >= 15 is 0 Å². The van der Waals surface area contributed by atoms with Gasteiger partial charge in [-0.3, -0.25) is 0 Å². The zero-order valence-electron chi connectivity index (χ0n) is 17.9. The first kappa shape index (κ1) is 21.9. The van der Waals surface area contributed by atoms with E-state index < -0.39 is 0 Å². The second-order valence-electron chi connectivity index (χ2n) is 9.23. The van der Waals surface area contributed by atoms with Gasteiger partial charge in [0.2, 0.25) is 0 Å². The molecule has 2 atom stereocenters. The Hall–Kier alpha value is -0.270. The number of morpholine rings is 1. The fourth-order valence-electron chi connectivity index (χ4n) is 5.24. The molecule has 2 aliphatic heterocycles. The van der Waals surface area contributed by atoms with Gasteiger partial charge in [-0.15, -0.1) is 0 Å². The molecule has 0 aromatic carbocycles. The molecule has 1 saturated carbocycles. The molecule has 2 saturated heterocycles. The lowest BCUT2D eigenvalue weighted by Crippen LogP contribution is -2.43. The Morgan fingerprint density at radius 1 is 0.931 bits per heavy atom. The number of allylic oxidation sites excluding steroid dienone is 1. The molecule has 0 aromatic heterocycles. The first-order valence-corrected chi connectivity index (χ1v) is 13.3.